The fourth-order valence-electron chi connectivity index (χ4n) is 4.09. The number of nitrogens with zero attached hydrogens (tertiary/aromatic N) is 1. The number of carbonyl (C=O) groups excluding carboxylic acids is 2. The van der Waals surface area contributed by atoms with Gasteiger partial charge in [0.2, 0.25) is 5.91 Å². The van der Waals surface area contributed by atoms with Crippen molar-refractivity contribution in [1.82, 2.24) is 5.32 Å². The minimum Gasteiger partial charge on any atom is -0.326 e. The van der Waals surface area contributed by atoms with Crippen molar-refractivity contribution in [1.29, 1.82) is 0 Å². The van der Waals surface area contributed by atoms with Gasteiger partial charge in [0.25, 0.3) is 0 Å². The van der Waals surface area contributed by atoms with Crippen molar-refractivity contribution in [2.24, 2.45) is 0 Å². The van der Waals surface area contributed by atoms with Gasteiger partial charge in [-0.3, -0.25) is 4.79 Å². The van der Waals surface area contributed by atoms with Crippen LogP contribution in [0, 0.1) is 5.82 Å². The van der Waals surface area contributed by atoms with Crippen molar-refractivity contribution in [2.75, 3.05) is 30.1 Å². The Kier molecular flexibility index (Phi) is 7.67. The van der Waals surface area contributed by atoms with Gasteiger partial charge in [-0.05, 0) is 49.6 Å². The number of hydrogen-bond donors (Lipinski definition) is 2. The molecule has 1 heterocycles. The lowest BCUT2D eigenvalue weighted by atomic mass is 10.0. The molecule has 1 aliphatic rings. The Bertz CT molecular complexity index is 1410. The number of halogens is 4. The van der Waals surface area contributed by atoms with Gasteiger partial charge < -0.3 is 20.1 Å². The second-order valence-electron chi connectivity index (χ2n) is 8.68. The lowest BCUT2D eigenvalue weighted by molar-refractivity contribution is -0.118. The Balaban J connectivity index is 1.53. The van der Waals surface area contributed by atoms with Crippen molar-refractivity contribution in [3.63, 3.8) is 0 Å². The third kappa shape index (κ3) is 5.40. The number of nitrogens with one attached hydrogen (secondary N) is 2. The maximum Gasteiger partial charge on any atom is 0.319 e. The van der Waals surface area contributed by atoms with E-state index < -0.39 is 25.0 Å². The van der Waals surface area contributed by atoms with Crippen LogP contribution in [0.3, 0.4) is 0 Å². The second kappa shape index (κ2) is 10.4. The average Bonchev–Trinajstić information content (AvgIpc) is 3.16. The van der Waals surface area contributed by atoms with E-state index in [0.29, 0.717) is 35.1 Å². The molecule has 1 fully saturated rings. The fraction of sp³-hybridized carbons (Fsp3) is 0.200. The van der Waals surface area contributed by atoms with E-state index in [-0.39, 0.29) is 26.7 Å². The predicted octanol–water partition coefficient (Wildman–Crippen LogP) is 6.63. The molecule has 36 heavy (non-hydrogen) atoms. The van der Waals surface area contributed by atoms with Crippen molar-refractivity contribution < 1.29 is 18.5 Å². The number of rotatable bonds is 5. The highest BCUT2D eigenvalue weighted by atomic mass is 35.5. The van der Waals surface area contributed by atoms with Crippen LogP contribution in [-0.4, -0.2) is 37.9 Å². The van der Waals surface area contributed by atoms with E-state index in [1.54, 1.807) is 31.5 Å². The molecule has 4 rings (SSSR count). The van der Waals surface area contributed by atoms with E-state index >= 15 is 0 Å². The zero-order valence-electron chi connectivity index (χ0n) is 19.3. The first-order valence-corrected chi connectivity index (χ1v) is 14.7. The lowest BCUT2D eigenvalue weighted by Gasteiger charge is -2.21. The van der Waals surface area contributed by atoms with Gasteiger partial charge in [-0.1, -0.05) is 65.1 Å². The summed E-state index contributed by atoms with van der Waals surface area (Å²) in [5.41, 5.74) is 1.66. The fourth-order valence-corrected chi connectivity index (χ4v) is 5.99. The summed E-state index contributed by atoms with van der Waals surface area (Å²) in [5.74, 6) is -1.07. The van der Waals surface area contributed by atoms with Crippen LogP contribution in [0.25, 0.3) is 11.1 Å². The van der Waals surface area contributed by atoms with Crippen LogP contribution >= 0.6 is 41.9 Å². The van der Waals surface area contributed by atoms with E-state index in [9.17, 15) is 18.5 Å². The van der Waals surface area contributed by atoms with Crippen molar-refractivity contribution in [2.45, 2.75) is 12.5 Å². The molecule has 1 atom stereocenters. The molecule has 3 aromatic carbocycles. The summed E-state index contributed by atoms with van der Waals surface area (Å²) < 4.78 is 26.8. The molecule has 0 aliphatic carbocycles. The Morgan fingerprint density at radius 2 is 1.75 bits per heavy atom. The summed E-state index contributed by atoms with van der Waals surface area (Å²) in [6, 6.07) is 13.0. The monoisotopic (exact) mass is 567 g/mol. The molecule has 11 heteroatoms. The van der Waals surface area contributed by atoms with Crippen LogP contribution < -0.4 is 20.8 Å². The minimum atomic E-state index is -2.59. The SMILES string of the molecule is CP(C)(=O)c1ccccc1-c1ccc(N2CC[C@@H](NC(=O)Nc3ccc(Cl)cc3F)C2=O)c(Cl)c1Cl. The van der Waals surface area contributed by atoms with Crippen LogP contribution in [0.2, 0.25) is 15.1 Å². The molecular formula is C25H22Cl3FN3O3P. The summed E-state index contributed by atoms with van der Waals surface area (Å²) in [7, 11) is -2.59. The van der Waals surface area contributed by atoms with Gasteiger partial charge in [-0.15, -0.1) is 0 Å². The Morgan fingerprint density at radius 3 is 2.44 bits per heavy atom. The van der Waals surface area contributed by atoms with E-state index in [2.05, 4.69) is 10.6 Å². The van der Waals surface area contributed by atoms with Gasteiger partial charge in [0, 0.05) is 22.4 Å². The summed E-state index contributed by atoms with van der Waals surface area (Å²) in [6.07, 6.45) is 0.322. The topological polar surface area (TPSA) is 78.5 Å². The third-order valence-electron chi connectivity index (χ3n) is 5.82. The van der Waals surface area contributed by atoms with Gasteiger partial charge in [0.15, 0.2) is 0 Å². The molecule has 2 N–H and O–H groups in total. The largest absolute Gasteiger partial charge is 0.326 e. The summed E-state index contributed by atoms with van der Waals surface area (Å²) >= 11 is 19.0. The lowest BCUT2D eigenvalue weighted by Crippen LogP contribution is -2.43. The third-order valence-corrected chi connectivity index (χ3v) is 8.47. The minimum absolute atomic E-state index is 0.0615. The quantitative estimate of drug-likeness (QED) is 0.339. The van der Waals surface area contributed by atoms with Gasteiger partial charge >= 0.3 is 6.03 Å². The van der Waals surface area contributed by atoms with Crippen molar-refractivity contribution in [3.05, 3.63) is 75.5 Å². The highest BCUT2D eigenvalue weighted by Crippen LogP contribution is 2.44. The zero-order chi connectivity index (χ0) is 26.2. The molecule has 188 valence electrons. The highest BCUT2D eigenvalue weighted by Gasteiger charge is 2.35. The Morgan fingerprint density at radius 1 is 1.03 bits per heavy atom. The Hall–Kier alpha value is -2.57. The van der Waals surface area contributed by atoms with Crippen molar-refractivity contribution >= 4 is 70.6 Å². The first-order valence-electron chi connectivity index (χ1n) is 10.9. The molecule has 0 spiro atoms. The summed E-state index contributed by atoms with van der Waals surface area (Å²) in [5, 5.41) is 6.23. The summed E-state index contributed by atoms with van der Waals surface area (Å²) in [6.45, 7) is 3.66. The maximum atomic E-state index is 14.0. The first-order chi connectivity index (χ1) is 17.0. The number of hydrogen-bond acceptors (Lipinski definition) is 3. The van der Waals surface area contributed by atoms with E-state index in [0.717, 1.165) is 6.07 Å². The molecule has 1 saturated heterocycles. The normalized spacial score (nSPS) is 15.8. The highest BCUT2D eigenvalue weighted by molar-refractivity contribution is 7.70. The van der Waals surface area contributed by atoms with Gasteiger partial charge in [0.1, 0.15) is 19.0 Å². The van der Waals surface area contributed by atoms with E-state index in [1.807, 2.05) is 18.2 Å². The average molecular weight is 569 g/mol. The van der Waals surface area contributed by atoms with Crippen LogP contribution in [0.1, 0.15) is 6.42 Å². The number of carbonyl (C=O) groups is 2. The number of anilines is 2. The molecule has 0 unspecified atom stereocenters. The van der Waals surface area contributed by atoms with Crippen LogP contribution in [0.15, 0.2) is 54.6 Å². The molecule has 0 saturated carbocycles. The maximum absolute atomic E-state index is 14.0. The van der Waals surface area contributed by atoms with E-state index in [1.165, 1.54) is 17.0 Å². The summed E-state index contributed by atoms with van der Waals surface area (Å²) in [4.78, 5) is 26.9. The molecule has 0 bridgehead atoms. The standard InChI is InChI=1S/C25H22Cl3FN3O3P/c1-36(2,35)21-6-4-3-5-15(21)16-8-10-20(23(28)22(16)27)32-12-11-19(24(32)33)31-25(34)30-18-9-7-14(26)13-17(18)29/h3-10,13,19H,11-12H2,1-2H3,(H2,30,31,34)/t19-/m1/s1. The molecule has 3 aromatic rings. The predicted molar refractivity (Wildman–Crippen MR) is 145 cm³/mol. The van der Waals surface area contributed by atoms with Crippen molar-refractivity contribution in [3.8, 4) is 11.1 Å². The molecule has 0 radical (unpaired) electrons. The first kappa shape index (κ1) is 26.5. The number of amides is 3. The molecule has 0 aromatic heterocycles. The Labute approximate surface area is 223 Å². The molecular weight excluding hydrogens is 547 g/mol. The number of urea groups is 1. The van der Waals surface area contributed by atoms with Crippen LogP contribution in [0.5, 0.6) is 0 Å². The van der Waals surface area contributed by atoms with Gasteiger partial charge in [0.05, 0.1) is 21.4 Å². The molecule has 1 aliphatic heterocycles. The van der Waals surface area contributed by atoms with Crippen LogP contribution in [0.4, 0.5) is 20.6 Å². The van der Waals surface area contributed by atoms with E-state index in [4.69, 9.17) is 34.8 Å². The number of benzene rings is 3. The van der Waals surface area contributed by atoms with Crippen LogP contribution in [-0.2, 0) is 9.36 Å². The molecule has 3 amide bonds. The molecule has 6 nitrogen and oxygen atoms in total. The van der Waals surface area contributed by atoms with Gasteiger partial charge in [-0.25, -0.2) is 9.18 Å². The zero-order valence-corrected chi connectivity index (χ0v) is 22.5. The smallest absolute Gasteiger partial charge is 0.319 e. The second-order valence-corrected chi connectivity index (χ2v) is 13.1. The van der Waals surface area contributed by atoms with Gasteiger partial charge in [-0.2, -0.15) is 0 Å².